The number of carbonyl (C=O) groups is 1. The van der Waals surface area contributed by atoms with Crippen LogP contribution in [0.25, 0.3) is 0 Å². The first kappa shape index (κ1) is 9.83. The van der Waals surface area contributed by atoms with Gasteiger partial charge in [-0.05, 0) is 44.1 Å². The van der Waals surface area contributed by atoms with Crippen LogP contribution in [0.4, 0.5) is 0 Å². The van der Waals surface area contributed by atoms with Crippen molar-refractivity contribution < 1.29 is 4.79 Å². The van der Waals surface area contributed by atoms with Gasteiger partial charge in [-0.1, -0.05) is 6.42 Å². The summed E-state index contributed by atoms with van der Waals surface area (Å²) in [6.45, 7) is 2.64. The van der Waals surface area contributed by atoms with Crippen molar-refractivity contribution in [2.45, 2.75) is 57.4 Å². The predicted molar refractivity (Wildman–Crippen MR) is 59.7 cm³/mol. The van der Waals surface area contributed by atoms with Gasteiger partial charge in [0, 0.05) is 25.4 Å². The lowest BCUT2D eigenvalue weighted by Gasteiger charge is -2.39. The first-order valence-electron chi connectivity index (χ1n) is 6.53. The second-order valence-corrected chi connectivity index (χ2v) is 5.84. The third-order valence-corrected chi connectivity index (χ3v) is 4.91. The maximum atomic E-state index is 11.2. The molecule has 2 heteroatoms. The zero-order valence-corrected chi connectivity index (χ0v) is 9.50. The van der Waals surface area contributed by atoms with Gasteiger partial charge in [0.2, 0.25) is 0 Å². The molecular weight excluding hydrogens is 186 g/mol. The summed E-state index contributed by atoms with van der Waals surface area (Å²) in [6.07, 6.45) is 9.77. The maximum absolute atomic E-state index is 11.2. The molecule has 84 valence electrons. The minimum Gasteiger partial charge on any atom is -0.300 e. The van der Waals surface area contributed by atoms with Gasteiger partial charge in [-0.25, -0.2) is 0 Å². The fourth-order valence-corrected chi connectivity index (χ4v) is 3.66. The summed E-state index contributed by atoms with van der Waals surface area (Å²) in [6, 6.07) is 0.739. The molecule has 0 aromatic heterocycles. The predicted octanol–water partition coefficient (Wildman–Crippen LogP) is 2.37. The molecule has 3 rings (SSSR count). The van der Waals surface area contributed by atoms with E-state index in [1.165, 1.54) is 38.8 Å². The molecule has 0 atom stereocenters. The number of nitrogens with zero attached hydrogens (tertiary/aromatic N) is 1. The molecule has 1 aliphatic heterocycles. The molecule has 1 heterocycles. The summed E-state index contributed by atoms with van der Waals surface area (Å²) in [5.74, 6) is 0.490. The van der Waals surface area contributed by atoms with Gasteiger partial charge in [0.1, 0.15) is 5.78 Å². The number of hydrogen-bond acceptors (Lipinski definition) is 2. The van der Waals surface area contributed by atoms with E-state index in [0.29, 0.717) is 5.78 Å². The van der Waals surface area contributed by atoms with Gasteiger partial charge >= 0.3 is 0 Å². The number of rotatable bonds is 1. The summed E-state index contributed by atoms with van der Waals surface area (Å²) in [5.41, 5.74) is 0.724. The van der Waals surface area contributed by atoms with Gasteiger partial charge in [-0.3, -0.25) is 9.69 Å². The highest BCUT2D eigenvalue weighted by atomic mass is 16.1. The van der Waals surface area contributed by atoms with Crippen LogP contribution in [-0.2, 0) is 4.79 Å². The van der Waals surface area contributed by atoms with Crippen LogP contribution in [0.5, 0.6) is 0 Å². The van der Waals surface area contributed by atoms with Crippen molar-refractivity contribution in [2.24, 2.45) is 5.41 Å². The molecule has 3 fully saturated rings. The lowest BCUT2D eigenvalue weighted by Crippen LogP contribution is -2.40. The Hall–Kier alpha value is -0.370. The first-order valence-corrected chi connectivity index (χ1v) is 6.53. The van der Waals surface area contributed by atoms with Crippen LogP contribution in [-0.4, -0.2) is 29.8 Å². The van der Waals surface area contributed by atoms with E-state index in [1.54, 1.807) is 0 Å². The summed E-state index contributed by atoms with van der Waals surface area (Å²) in [7, 11) is 0. The van der Waals surface area contributed by atoms with E-state index in [9.17, 15) is 4.79 Å². The third kappa shape index (κ3) is 1.73. The standard InChI is InChI=1S/C13H21NO/c15-12-4-2-11(3-5-12)14-9-8-13(10-14)6-1-7-13/h11H,1-10H2. The first-order chi connectivity index (χ1) is 7.27. The second kappa shape index (κ2) is 3.58. The van der Waals surface area contributed by atoms with Crippen LogP contribution in [0.2, 0.25) is 0 Å². The zero-order chi connectivity index (χ0) is 10.3. The highest BCUT2D eigenvalue weighted by molar-refractivity contribution is 5.79. The Balaban J connectivity index is 1.57. The summed E-state index contributed by atoms with van der Waals surface area (Å²) in [4.78, 5) is 13.9. The molecule has 0 aromatic carbocycles. The number of hydrogen-bond donors (Lipinski definition) is 0. The fourth-order valence-electron chi connectivity index (χ4n) is 3.66. The lowest BCUT2D eigenvalue weighted by atomic mass is 9.68. The molecule has 0 N–H and O–H groups in total. The SMILES string of the molecule is O=C1CCC(N2CCC3(CCC3)C2)CC1. The van der Waals surface area contributed by atoms with E-state index >= 15 is 0 Å². The molecule has 2 saturated carbocycles. The quantitative estimate of drug-likeness (QED) is 0.658. The minimum absolute atomic E-state index is 0.490. The van der Waals surface area contributed by atoms with Crippen molar-refractivity contribution in [1.82, 2.24) is 4.90 Å². The van der Waals surface area contributed by atoms with E-state index in [1.807, 2.05) is 0 Å². The molecule has 3 aliphatic rings. The summed E-state index contributed by atoms with van der Waals surface area (Å²) < 4.78 is 0. The normalized spacial score (nSPS) is 32.1. The highest BCUT2D eigenvalue weighted by Crippen LogP contribution is 2.48. The Bertz CT molecular complexity index is 260. The summed E-state index contributed by atoms with van der Waals surface area (Å²) in [5, 5.41) is 0. The maximum Gasteiger partial charge on any atom is 0.133 e. The van der Waals surface area contributed by atoms with Crippen LogP contribution in [0.1, 0.15) is 51.4 Å². The molecule has 0 radical (unpaired) electrons. The molecular formula is C13H21NO. The average Bonchev–Trinajstić information content (AvgIpc) is 2.63. The van der Waals surface area contributed by atoms with Crippen LogP contribution >= 0.6 is 0 Å². The van der Waals surface area contributed by atoms with Gasteiger partial charge in [0.05, 0.1) is 0 Å². The van der Waals surface area contributed by atoms with Gasteiger partial charge < -0.3 is 0 Å². The van der Waals surface area contributed by atoms with Crippen LogP contribution < -0.4 is 0 Å². The van der Waals surface area contributed by atoms with Crippen molar-refractivity contribution in [1.29, 1.82) is 0 Å². The van der Waals surface area contributed by atoms with Gasteiger partial charge in [-0.15, -0.1) is 0 Å². The monoisotopic (exact) mass is 207 g/mol. The van der Waals surface area contributed by atoms with Crippen molar-refractivity contribution in [3.8, 4) is 0 Å². The molecule has 1 spiro atoms. The largest absolute Gasteiger partial charge is 0.300 e. The third-order valence-electron chi connectivity index (χ3n) is 4.91. The molecule has 0 amide bonds. The molecule has 2 aliphatic carbocycles. The smallest absolute Gasteiger partial charge is 0.133 e. The van der Waals surface area contributed by atoms with Crippen LogP contribution in [0.15, 0.2) is 0 Å². The van der Waals surface area contributed by atoms with Gasteiger partial charge in [0.15, 0.2) is 0 Å². The number of Topliss-reactive ketones (excluding diaryl/α,β-unsaturated/α-hetero) is 1. The van der Waals surface area contributed by atoms with E-state index in [4.69, 9.17) is 0 Å². The number of likely N-dealkylation sites (tertiary alicyclic amines) is 1. The zero-order valence-electron chi connectivity index (χ0n) is 9.50. The topological polar surface area (TPSA) is 20.3 Å². The second-order valence-electron chi connectivity index (χ2n) is 5.84. The number of ketones is 1. The molecule has 1 saturated heterocycles. The Morgan fingerprint density at radius 2 is 1.87 bits per heavy atom. The van der Waals surface area contributed by atoms with E-state index < -0.39 is 0 Å². The number of carbonyl (C=O) groups excluding carboxylic acids is 1. The van der Waals surface area contributed by atoms with Crippen LogP contribution in [0.3, 0.4) is 0 Å². The Morgan fingerprint density at radius 3 is 2.40 bits per heavy atom. The average molecular weight is 207 g/mol. The van der Waals surface area contributed by atoms with Crippen LogP contribution in [0, 0.1) is 5.41 Å². The minimum atomic E-state index is 0.490. The fraction of sp³-hybridized carbons (Fsp3) is 0.923. The van der Waals surface area contributed by atoms with Crippen molar-refractivity contribution in [2.75, 3.05) is 13.1 Å². The Morgan fingerprint density at radius 1 is 1.13 bits per heavy atom. The van der Waals surface area contributed by atoms with Gasteiger partial charge in [0.25, 0.3) is 0 Å². The van der Waals surface area contributed by atoms with Gasteiger partial charge in [-0.2, -0.15) is 0 Å². The molecule has 2 nitrogen and oxygen atoms in total. The highest BCUT2D eigenvalue weighted by Gasteiger charge is 2.44. The van der Waals surface area contributed by atoms with E-state index in [2.05, 4.69) is 4.90 Å². The Labute approximate surface area is 92.0 Å². The molecule has 0 bridgehead atoms. The van der Waals surface area contributed by atoms with Crippen molar-refractivity contribution in [3.05, 3.63) is 0 Å². The lowest BCUT2D eigenvalue weighted by molar-refractivity contribution is -0.121. The Kier molecular flexibility index (Phi) is 2.35. The van der Waals surface area contributed by atoms with Crippen molar-refractivity contribution in [3.63, 3.8) is 0 Å². The van der Waals surface area contributed by atoms with Crippen molar-refractivity contribution >= 4 is 5.78 Å². The molecule has 0 aromatic rings. The van der Waals surface area contributed by atoms with E-state index in [0.717, 1.165) is 37.1 Å². The summed E-state index contributed by atoms with van der Waals surface area (Å²) >= 11 is 0. The van der Waals surface area contributed by atoms with E-state index in [-0.39, 0.29) is 0 Å². The molecule has 0 unspecified atom stereocenters. The molecule has 15 heavy (non-hydrogen) atoms.